The number of hydrogen-bond acceptors (Lipinski definition) is 9. The number of esters is 1. The number of aliphatic hydroxyl groups excluding tert-OH is 2. The second kappa shape index (κ2) is 19.7. The van der Waals surface area contributed by atoms with E-state index in [0.717, 1.165) is 19.3 Å². The zero-order valence-electron chi connectivity index (χ0n) is 24.6. The van der Waals surface area contributed by atoms with Crippen molar-refractivity contribution in [2.24, 2.45) is 11.8 Å². The van der Waals surface area contributed by atoms with E-state index in [1.807, 2.05) is 12.2 Å². The van der Waals surface area contributed by atoms with Gasteiger partial charge in [0.25, 0.3) is 5.09 Å². The van der Waals surface area contributed by atoms with Crippen molar-refractivity contribution in [1.82, 2.24) is 5.32 Å². The fourth-order valence-electron chi connectivity index (χ4n) is 5.30. The Hall–Kier alpha value is -3.31. The van der Waals surface area contributed by atoms with E-state index in [4.69, 9.17) is 4.74 Å². The molecule has 0 aromatic heterocycles. The van der Waals surface area contributed by atoms with E-state index in [1.54, 1.807) is 12.1 Å². The van der Waals surface area contributed by atoms with E-state index in [0.29, 0.717) is 50.5 Å². The summed E-state index contributed by atoms with van der Waals surface area (Å²) in [6, 6.07) is 6.25. The smallest absolute Gasteiger partial charge is 0.330 e. The van der Waals surface area contributed by atoms with Gasteiger partial charge in [0.15, 0.2) is 0 Å². The van der Waals surface area contributed by atoms with E-state index < -0.39 is 23.3 Å². The molecule has 1 aliphatic rings. The van der Waals surface area contributed by atoms with Gasteiger partial charge in [-0.05, 0) is 56.4 Å². The summed E-state index contributed by atoms with van der Waals surface area (Å²) in [6.45, 7) is 1.45. The average Bonchev–Trinajstić information content (AvgIpc) is 3.23. The molecule has 11 nitrogen and oxygen atoms in total. The number of ketones is 1. The minimum Gasteiger partial charge on any atom is -0.425 e. The monoisotopic (exact) mass is 590 g/mol. The number of carbonyl (C=O) groups is 3. The lowest BCUT2D eigenvalue weighted by molar-refractivity contribution is -0.763. The van der Waals surface area contributed by atoms with Crippen LogP contribution in [0.25, 0.3) is 0 Å². The first-order valence-electron chi connectivity index (χ1n) is 15.1. The van der Waals surface area contributed by atoms with E-state index >= 15 is 0 Å². The molecule has 0 bridgehead atoms. The molecule has 1 amide bonds. The molecule has 1 saturated carbocycles. The van der Waals surface area contributed by atoms with Crippen molar-refractivity contribution in [1.29, 1.82) is 0 Å². The van der Waals surface area contributed by atoms with Gasteiger partial charge in [0, 0.05) is 24.8 Å². The maximum absolute atomic E-state index is 12.3. The Morgan fingerprint density at radius 1 is 1.00 bits per heavy atom. The molecular formula is C31H46N2O9. The Bertz CT molecular complexity index is 1030. The summed E-state index contributed by atoms with van der Waals surface area (Å²) < 4.78 is 5.20. The Morgan fingerprint density at radius 2 is 1.74 bits per heavy atom. The summed E-state index contributed by atoms with van der Waals surface area (Å²) in [5.74, 6) is -0.874. The van der Waals surface area contributed by atoms with Crippen molar-refractivity contribution < 1.29 is 39.3 Å². The number of nitrogens with one attached hydrogen (secondary N) is 1. The molecule has 0 heterocycles. The number of nitrogens with zero attached hydrogens (tertiary/aromatic N) is 1. The average molecular weight is 591 g/mol. The first-order chi connectivity index (χ1) is 20.2. The summed E-state index contributed by atoms with van der Waals surface area (Å²) in [7, 11) is 0. The van der Waals surface area contributed by atoms with Crippen LogP contribution in [0.2, 0.25) is 0 Å². The molecule has 1 aromatic carbocycles. The van der Waals surface area contributed by atoms with Crippen molar-refractivity contribution in [3.8, 4) is 5.75 Å². The number of hydrogen-bond donors (Lipinski definition) is 3. The molecule has 234 valence electrons. The summed E-state index contributed by atoms with van der Waals surface area (Å²) in [5.41, 5.74) is 0.327. The van der Waals surface area contributed by atoms with Gasteiger partial charge in [-0.2, -0.15) is 0 Å². The van der Waals surface area contributed by atoms with Crippen LogP contribution in [-0.2, 0) is 25.8 Å². The van der Waals surface area contributed by atoms with Crippen LogP contribution in [0.5, 0.6) is 5.75 Å². The van der Waals surface area contributed by atoms with Crippen molar-refractivity contribution in [3.63, 3.8) is 0 Å². The molecule has 0 aliphatic heterocycles. The number of carbonyl (C=O) groups excluding carboxylic acids is 3. The topological polar surface area (TPSA) is 165 Å². The highest BCUT2D eigenvalue weighted by Crippen LogP contribution is 2.38. The van der Waals surface area contributed by atoms with Crippen LogP contribution in [0.4, 0.5) is 0 Å². The van der Waals surface area contributed by atoms with Crippen LogP contribution in [0.15, 0.2) is 36.4 Å². The number of ether oxygens (including phenoxy) is 1. The molecule has 0 saturated heterocycles. The fraction of sp³-hybridized carbons (Fsp3) is 0.645. The van der Waals surface area contributed by atoms with Gasteiger partial charge in [-0.3, -0.25) is 9.59 Å². The molecule has 1 fully saturated rings. The van der Waals surface area contributed by atoms with Crippen LogP contribution in [0, 0.1) is 22.0 Å². The largest absolute Gasteiger partial charge is 0.425 e. The van der Waals surface area contributed by atoms with Crippen LogP contribution < -0.4 is 10.1 Å². The lowest BCUT2D eigenvalue weighted by Crippen LogP contribution is -2.31. The highest BCUT2D eigenvalue weighted by molar-refractivity contribution is 5.83. The van der Waals surface area contributed by atoms with Gasteiger partial charge in [-0.25, -0.2) is 4.79 Å². The maximum Gasteiger partial charge on any atom is 0.330 e. The SMILES string of the molecule is CCCCCCCC(=O)CC[C@@H]1[C@@H](C/C=C\CCCC(=O)NCC(=O)Oc2ccccc2CO[N+](=O)[O-])[C@@H](O)C[C@H]1O. The molecule has 3 N–H and O–H groups in total. The number of para-hydroxylation sites is 1. The highest BCUT2D eigenvalue weighted by Gasteiger charge is 2.40. The summed E-state index contributed by atoms with van der Waals surface area (Å²) >= 11 is 0. The van der Waals surface area contributed by atoms with Crippen LogP contribution in [-0.4, -0.2) is 51.7 Å². The summed E-state index contributed by atoms with van der Waals surface area (Å²) in [5, 5.41) is 32.9. The van der Waals surface area contributed by atoms with Crippen molar-refractivity contribution in [3.05, 3.63) is 52.1 Å². The van der Waals surface area contributed by atoms with Gasteiger partial charge in [0.2, 0.25) is 5.91 Å². The van der Waals surface area contributed by atoms with Crippen molar-refractivity contribution in [2.75, 3.05) is 6.54 Å². The summed E-state index contributed by atoms with van der Waals surface area (Å²) in [6.07, 6.45) is 12.2. The third-order valence-corrected chi connectivity index (χ3v) is 7.64. The molecule has 1 aromatic rings. The molecule has 1 aliphatic carbocycles. The van der Waals surface area contributed by atoms with Gasteiger partial charge in [0.1, 0.15) is 24.7 Å². The van der Waals surface area contributed by atoms with Crippen LogP contribution >= 0.6 is 0 Å². The third-order valence-electron chi connectivity index (χ3n) is 7.64. The van der Waals surface area contributed by atoms with E-state index in [9.17, 15) is 34.7 Å². The number of allylic oxidation sites excluding steroid dienone is 2. The normalized spacial score (nSPS) is 20.0. The van der Waals surface area contributed by atoms with Gasteiger partial charge < -0.3 is 25.1 Å². The van der Waals surface area contributed by atoms with Gasteiger partial charge in [0.05, 0.1) is 12.2 Å². The highest BCUT2D eigenvalue weighted by atomic mass is 16.9. The Labute approximate surface area is 247 Å². The zero-order chi connectivity index (χ0) is 30.7. The lowest BCUT2D eigenvalue weighted by Gasteiger charge is -2.22. The number of unbranched alkanes of at least 4 members (excludes halogenated alkanes) is 5. The van der Waals surface area contributed by atoms with Crippen molar-refractivity contribution in [2.45, 2.75) is 109 Å². The van der Waals surface area contributed by atoms with E-state index in [-0.39, 0.29) is 48.8 Å². The van der Waals surface area contributed by atoms with Gasteiger partial charge in [-0.15, -0.1) is 10.1 Å². The van der Waals surface area contributed by atoms with Gasteiger partial charge >= 0.3 is 5.97 Å². The van der Waals surface area contributed by atoms with Gasteiger partial charge in [-0.1, -0.05) is 63.0 Å². The van der Waals surface area contributed by atoms with E-state index in [1.165, 1.54) is 25.0 Å². The molecule has 11 heteroatoms. The Kier molecular flexibility index (Phi) is 16.4. The number of benzene rings is 1. The van der Waals surface area contributed by atoms with Crippen LogP contribution in [0.1, 0.15) is 96.0 Å². The first kappa shape index (κ1) is 34.9. The molecule has 4 atom stereocenters. The lowest BCUT2D eigenvalue weighted by atomic mass is 9.86. The number of amides is 1. The number of Topliss-reactive ketones (excluding diaryl/α,β-unsaturated/α-hetero) is 1. The Balaban J connectivity index is 1.64. The fourth-order valence-corrected chi connectivity index (χ4v) is 5.30. The summed E-state index contributed by atoms with van der Waals surface area (Å²) in [4.78, 5) is 51.3. The van der Waals surface area contributed by atoms with Crippen LogP contribution in [0.3, 0.4) is 0 Å². The maximum atomic E-state index is 12.3. The molecule has 42 heavy (non-hydrogen) atoms. The molecule has 0 radical (unpaired) electrons. The predicted octanol–water partition coefficient (Wildman–Crippen LogP) is 4.60. The molecular weight excluding hydrogens is 544 g/mol. The quantitative estimate of drug-likeness (QED) is 0.0463. The third kappa shape index (κ3) is 13.6. The molecule has 2 rings (SSSR count). The van der Waals surface area contributed by atoms with Crippen molar-refractivity contribution >= 4 is 17.7 Å². The zero-order valence-corrected chi connectivity index (χ0v) is 24.6. The minimum absolute atomic E-state index is 0.0980. The molecule has 0 spiro atoms. The predicted molar refractivity (Wildman–Crippen MR) is 156 cm³/mol. The second-order valence-corrected chi connectivity index (χ2v) is 10.9. The Morgan fingerprint density at radius 3 is 2.50 bits per heavy atom. The molecule has 0 unspecified atom stereocenters. The standard InChI is InChI=1S/C31H46N2O9/c1-2-3-4-5-8-14-24(34)18-19-26-25(27(35)20-28(26)36)15-9-6-7-10-17-30(37)32-21-31(38)42-29-16-12-11-13-23(29)22-41-33(39)40/h6,9,11-13,16,25-28,35-36H,2-5,7-8,10,14-15,17-22H2,1H3,(H,32,37)/b9-6-/t25-,26-,27+,28-/m1/s1. The second-order valence-electron chi connectivity index (χ2n) is 10.9. The van der Waals surface area contributed by atoms with E-state index in [2.05, 4.69) is 17.1 Å². The minimum atomic E-state index is -0.935. The number of rotatable bonds is 21. The first-order valence-corrected chi connectivity index (χ1v) is 15.1. The number of aliphatic hydroxyl groups is 2.